The molecule has 1 spiro atoms. The highest BCUT2D eigenvalue weighted by atomic mass is 16.5. The first-order valence-electron chi connectivity index (χ1n) is 9.23. The van der Waals surface area contributed by atoms with Gasteiger partial charge in [0.2, 0.25) is 0 Å². The van der Waals surface area contributed by atoms with E-state index in [0.717, 1.165) is 62.8 Å². The Balaban J connectivity index is 1.55. The van der Waals surface area contributed by atoms with E-state index >= 15 is 0 Å². The lowest BCUT2D eigenvalue weighted by atomic mass is 9.79. The molecule has 1 saturated heterocycles. The highest BCUT2D eigenvalue weighted by molar-refractivity contribution is 5.50. The summed E-state index contributed by atoms with van der Waals surface area (Å²) < 4.78 is 19.5. The summed E-state index contributed by atoms with van der Waals surface area (Å²) in [5, 5.41) is 0. The summed E-state index contributed by atoms with van der Waals surface area (Å²) in [6.45, 7) is 3.65. The predicted octanol–water partition coefficient (Wildman–Crippen LogP) is 2.50. The molecular weight excluding hydrogens is 330 g/mol. The third kappa shape index (κ3) is 2.97. The van der Waals surface area contributed by atoms with Crippen LogP contribution in [0.15, 0.2) is 24.5 Å². The molecule has 1 fully saturated rings. The minimum atomic E-state index is -0.203. The summed E-state index contributed by atoms with van der Waals surface area (Å²) in [5.41, 5.74) is 2.40. The molecule has 2 aliphatic heterocycles. The molecule has 0 radical (unpaired) electrons. The first-order valence-corrected chi connectivity index (χ1v) is 9.23. The second-order valence-corrected chi connectivity index (χ2v) is 7.19. The number of hydrogen-bond acceptors (Lipinski definition) is 5. The van der Waals surface area contributed by atoms with Gasteiger partial charge in [-0.25, -0.2) is 4.98 Å². The zero-order valence-corrected chi connectivity index (χ0v) is 15.8. The number of likely N-dealkylation sites (tertiary alicyclic amines) is 1. The van der Waals surface area contributed by atoms with Crippen LogP contribution in [0.25, 0.3) is 0 Å². The summed E-state index contributed by atoms with van der Waals surface area (Å²) >= 11 is 0. The van der Waals surface area contributed by atoms with Crippen molar-refractivity contribution in [3.05, 3.63) is 41.5 Å². The zero-order valence-electron chi connectivity index (χ0n) is 15.8. The van der Waals surface area contributed by atoms with Gasteiger partial charge in [0.15, 0.2) is 11.5 Å². The Kier molecular flexibility index (Phi) is 4.63. The molecule has 4 rings (SSSR count). The number of piperidine rings is 1. The van der Waals surface area contributed by atoms with Crippen LogP contribution in [-0.2, 0) is 30.4 Å². The average Bonchev–Trinajstić information content (AvgIpc) is 3.07. The maximum Gasteiger partial charge on any atom is 0.161 e. The fourth-order valence-electron chi connectivity index (χ4n) is 4.22. The normalized spacial score (nSPS) is 19.3. The van der Waals surface area contributed by atoms with Gasteiger partial charge in [-0.15, -0.1) is 0 Å². The van der Waals surface area contributed by atoms with Crippen molar-refractivity contribution in [3.63, 3.8) is 0 Å². The fraction of sp³-hybridized carbons (Fsp3) is 0.550. The Morgan fingerprint density at radius 1 is 1.15 bits per heavy atom. The molecule has 0 bridgehead atoms. The number of nitrogens with zero attached hydrogens (tertiary/aromatic N) is 3. The molecule has 0 atom stereocenters. The molecule has 0 aliphatic carbocycles. The van der Waals surface area contributed by atoms with E-state index in [9.17, 15) is 0 Å². The van der Waals surface area contributed by atoms with Crippen molar-refractivity contribution in [1.29, 1.82) is 0 Å². The number of rotatable bonds is 4. The maximum atomic E-state index is 6.37. The lowest BCUT2D eigenvalue weighted by Gasteiger charge is -2.45. The molecule has 6 heteroatoms. The van der Waals surface area contributed by atoms with Crippen LogP contribution < -0.4 is 9.47 Å². The number of benzene rings is 1. The van der Waals surface area contributed by atoms with Gasteiger partial charge in [0.05, 0.1) is 33.0 Å². The van der Waals surface area contributed by atoms with Crippen molar-refractivity contribution in [2.24, 2.45) is 7.05 Å². The van der Waals surface area contributed by atoms with Crippen LogP contribution in [-0.4, -0.2) is 48.4 Å². The quantitative estimate of drug-likeness (QED) is 0.841. The lowest BCUT2D eigenvalue weighted by Crippen LogP contribution is -2.46. The van der Waals surface area contributed by atoms with Crippen molar-refractivity contribution in [1.82, 2.24) is 14.5 Å². The van der Waals surface area contributed by atoms with Crippen molar-refractivity contribution in [2.75, 3.05) is 33.9 Å². The van der Waals surface area contributed by atoms with Crippen LogP contribution in [0.2, 0.25) is 0 Å². The second-order valence-electron chi connectivity index (χ2n) is 7.19. The molecule has 0 saturated carbocycles. The Morgan fingerprint density at radius 3 is 2.54 bits per heavy atom. The SMILES string of the molecule is COc1cc2c(cc1OC)C1(CCN(Cc3nccn3C)CC1)OCC2. The summed E-state index contributed by atoms with van der Waals surface area (Å²) in [5.74, 6) is 2.69. The molecule has 0 amide bonds. The molecule has 1 aromatic carbocycles. The van der Waals surface area contributed by atoms with Gasteiger partial charge >= 0.3 is 0 Å². The highest BCUT2D eigenvalue weighted by Gasteiger charge is 2.41. The minimum Gasteiger partial charge on any atom is -0.493 e. The van der Waals surface area contributed by atoms with E-state index in [1.54, 1.807) is 14.2 Å². The van der Waals surface area contributed by atoms with Crippen LogP contribution in [0.5, 0.6) is 11.5 Å². The van der Waals surface area contributed by atoms with Crippen molar-refractivity contribution < 1.29 is 14.2 Å². The largest absolute Gasteiger partial charge is 0.493 e. The number of ether oxygens (including phenoxy) is 3. The van der Waals surface area contributed by atoms with Gasteiger partial charge < -0.3 is 18.8 Å². The van der Waals surface area contributed by atoms with Crippen LogP contribution in [0.4, 0.5) is 0 Å². The first-order chi connectivity index (χ1) is 12.6. The van der Waals surface area contributed by atoms with Crippen molar-refractivity contribution in [3.8, 4) is 11.5 Å². The van der Waals surface area contributed by atoms with E-state index in [1.165, 1.54) is 11.1 Å². The predicted molar refractivity (Wildman–Crippen MR) is 98.6 cm³/mol. The van der Waals surface area contributed by atoms with Gasteiger partial charge in [-0.2, -0.15) is 0 Å². The topological polar surface area (TPSA) is 48.8 Å². The van der Waals surface area contributed by atoms with E-state index in [4.69, 9.17) is 14.2 Å². The van der Waals surface area contributed by atoms with E-state index in [-0.39, 0.29) is 5.60 Å². The number of hydrogen-bond donors (Lipinski definition) is 0. The smallest absolute Gasteiger partial charge is 0.161 e. The fourth-order valence-corrected chi connectivity index (χ4v) is 4.22. The third-order valence-corrected chi connectivity index (χ3v) is 5.80. The number of imidazole rings is 1. The third-order valence-electron chi connectivity index (χ3n) is 5.80. The van der Waals surface area contributed by atoms with Crippen LogP contribution in [0.1, 0.15) is 29.8 Å². The first kappa shape index (κ1) is 17.4. The number of fused-ring (bicyclic) bond motifs is 2. The number of aryl methyl sites for hydroxylation is 1. The summed E-state index contributed by atoms with van der Waals surface area (Å²) in [6, 6.07) is 4.25. The average molecular weight is 357 g/mol. The molecule has 0 unspecified atom stereocenters. The summed E-state index contributed by atoms with van der Waals surface area (Å²) in [4.78, 5) is 6.92. The molecule has 0 N–H and O–H groups in total. The monoisotopic (exact) mass is 357 g/mol. The van der Waals surface area contributed by atoms with E-state index in [2.05, 4.69) is 26.6 Å². The van der Waals surface area contributed by atoms with E-state index < -0.39 is 0 Å². The van der Waals surface area contributed by atoms with Gasteiger partial charge in [0.1, 0.15) is 5.82 Å². The zero-order chi connectivity index (χ0) is 18.1. The van der Waals surface area contributed by atoms with Gasteiger partial charge in [0, 0.05) is 32.5 Å². The molecule has 140 valence electrons. The summed E-state index contributed by atoms with van der Waals surface area (Å²) in [7, 11) is 5.43. The van der Waals surface area contributed by atoms with Crippen LogP contribution in [0, 0.1) is 0 Å². The van der Waals surface area contributed by atoms with Crippen molar-refractivity contribution >= 4 is 0 Å². The second kappa shape index (κ2) is 6.93. The van der Waals surface area contributed by atoms with Gasteiger partial charge in [-0.05, 0) is 42.5 Å². The Hall–Kier alpha value is -2.05. The van der Waals surface area contributed by atoms with E-state index in [0.29, 0.717) is 0 Å². The number of aromatic nitrogens is 2. The van der Waals surface area contributed by atoms with Gasteiger partial charge in [-0.3, -0.25) is 4.90 Å². The Morgan fingerprint density at radius 2 is 1.88 bits per heavy atom. The highest BCUT2D eigenvalue weighted by Crippen LogP contribution is 2.45. The standard InChI is InChI=1S/C20H27N3O3/c1-22-10-7-21-19(22)14-23-8-5-20(6-9-23)16-13-18(25-3)17(24-2)12-15(16)4-11-26-20/h7,10,12-13H,4-6,8-9,11,14H2,1-3H3. The maximum absolute atomic E-state index is 6.37. The Labute approximate surface area is 154 Å². The van der Waals surface area contributed by atoms with Gasteiger partial charge in [-0.1, -0.05) is 0 Å². The molecule has 2 aromatic rings. The summed E-state index contributed by atoms with van der Waals surface area (Å²) in [6.07, 6.45) is 6.76. The van der Waals surface area contributed by atoms with Crippen LogP contribution >= 0.6 is 0 Å². The Bertz CT molecular complexity index is 779. The minimum absolute atomic E-state index is 0.203. The molecule has 6 nitrogen and oxygen atoms in total. The molecule has 26 heavy (non-hydrogen) atoms. The van der Waals surface area contributed by atoms with E-state index in [1.807, 2.05) is 19.4 Å². The molecule has 2 aliphatic rings. The van der Waals surface area contributed by atoms with Crippen molar-refractivity contribution in [2.45, 2.75) is 31.4 Å². The van der Waals surface area contributed by atoms with Crippen LogP contribution in [0.3, 0.4) is 0 Å². The molecule has 1 aromatic heterocycles. The molecular formula is C20H27N3O3. The molecule has 3 heterocycles. The number of methoxy groups -OCH3 is 2. The lowest BCUT2D eigenvalue weighted by molar-refractivity contribution is -0.0993. The van der Waals surface area contributed by atoms with Gasteiger partial charge in [0.25, 0.3) is 0 Å².